The van der Waals surface area contributed by atoms with Crippen LogP contribution in [0.15, 0.2) is 12.1 Å². The van der Waals surface area contributed by atoms with Crippen LogP contribution in [0, 0.1) is 0 Å². The molecule has 0 spiro atoms. The number of carbonyl (C=O) groups excluding carboxylic acids is 2. The Morgan fingerprint density at radius 3 is 2.46 bits per heavy atom. The highest BCUT2D eigenvalue weighted by molar-refractivity contribution is 5.82. The van der Waals surface area contributed by atoms with Gasteiger partial charge in [0.25, 0.3) is 0 Å². The third-order valence-corrected chi connectivity index (χ3v) is 6.86. The van der Waals surface area contributed by atoms with Gasteiger partial charge in [0.1, 0.15) is 19.0 Å². The van der Waals surface area contributed by atoms with Crippen LogP contribution >= 0.6 is 0 Å². The number of halogens is 3. The first-order chi connectivity index (χ1) is 17.7. The largest absolute Gasteiger partial charge is 0.496 e. The summed E-state index contributed by atoms with van der Waals surface area (Å²) in [5.74, 6) is -0.847. The number of ether oxygens (including phenoxy) is 4. The molecule has 1 aromatic rings. The first-order valence-corrected chi connectivity index (χ1v) is 12.8. The second-order valence-electron chi connectivity index (χ2n) is 9.18. The van der Waals surface area contributed by atoms with Gasteiger partial charge in [-0.25, -0.2) is 9.78 Å². The first-order valence-electron chi connectivity index (χ1n) is 12.8. The number of carbonyl (C=O) groups is 2. The lowest BCUT2D eigenvalue weighted by atomic mass is 9.85. The minimum atomic E-state index is -5.02. The Kier molecular flexibility index (Phi) is 9.86. The van der Waals surface area contributed by atoms with Crippen molar-refractivity contribution in [1.29, 1.82) is 0 Å². The van der Waals surface area contributed by atoms with Crippen molar-refractivity contribution < 1.29 is 41.7 Å². The van der Waals surface area contributed by atoms with Gasteiger partial charge in [0.05, 0.1) is 37.6 Å². The molecule has 37 heavy (non-hydrogen) atoms. The molecular weight excluding hydrogens is 495 g/mol. The van der Waals surface area contributed by atoms with Crippen LogP contribution in [0.3, 0.4) is 0 Å². The molecule has 4 aliphatic rings. The van der Waals surface area contributed by atoms with E-state index in [9.17, 15) is 22.8 Å². The number of nitrogens with one attached hydrogen (secondary N) is 1. The van der Waals surface area contributed by atoms with Crippen LogP contribution < -0.4 is 14.8 Å². The molecule has 1 N–H and O–H groups in total. The smallest absolute Gasteiger partial charge is 0.471 e. The highest BCUT2D eigenvalue weighted by Crippen LogP contribution is 2.36. The van der Waals surface area contributed by atoms with Crippen LogP contribution in [-0.2, 0) is 14.3 Å². The highest BCUT2D eigenvalue weighted by atomic mass is 19.4. The maximum atomic E-state index is 12.9. The minimum Gasteiger partial charge on any atom is -0.496 e. The topological polar surface area (TPSA) is 99.2 Å². The van der Waals surface area contributed by atoms with Crippen molar-refractivity contribution in [1.82, 2.24) is 15.2 Å². The number of hydrogen-bond donors (Lipinski definition) is 1. The minimum absolute atomic E-state index is 0.00433. The van der Waals surface area contributed by atoms with Gasteiger partial charge in [-0.3, -0.25) is 9.69 Å². The Hall–Kier alpha value is -2.76. The van der Waals surface area contributed by atoms with Crippen LogP contribution in [0.2, 0.25) is 0 Å². The predicted molar refractivity (Wildman–Crippen MR) is 128 cm³/mol. The number of fused-ring (bicyclic) bond motifs is 7. The van der Waals surface area contributed by atoms with Gasteiger partial charge in [-0.2, -0.15) is 13.2 Å². The molecule has 1 saturated heterocycles. The van der Waals surface area contributed by atoms with Crippen molar-refractivity contribution in [2.45, 2.75) is 89.2 Å². The summed E-state index contributed by atoms with van der Waals surface area (Å²) in [6.07, 6.45) is -2.60. The summed E-state index contributed by atoms with van der Waals surface area (Å²) in [6, 6.07) is 1.40. The molecule has 0 aromatic carbocycles. The van der Waals surface area contributed by atoms with E-state index in [4.69, 9.17) is 18.9 Å². The summed E-state index contributed by atoms with van der Waals surface area (Å²) in [5.41, 5.74) is 0.854. The molecule has 4 heterocycles. The lowest BCUT2D eigenvalue weighted by Gasteiger charge is -2.33. The standard InChI is InChI=1S/C23H30F3N3O6.C2H6/c1-13-9-18(28-21(30)23(24,25)26)19-12-35-15-5-3-14(4-6-15)17-10-16(32-2)11-20(27-17)33-7-8-34-22(31)29(13)19;1-2/h10-11,13-15,18-19H,3-9,12H2,1-2H3,(H,28,30);1-2H3/t13?,14?,15?,18-,19?;/m0./s1. The van der Waals surface area contributed by atoms with Gasteiger partial charge in [-0.1, -0.05) is 13.8 Å². The number of rotatable bonds is 2. The Bertz CT molecular complexity index is 923. The van der Waals surface area contributed by atoms with Crippen LogP contribution in [0.4, 0.5) is 18.0 Å². The summed E-state index contributed by atoms with van der Waals surface area (Å²) >= 11 is 0. The van der Waals surface area contributed by atoms with Crippen LogP contribution in [-0.4, -0.2) is 79.2 Å². The van der Waals surface area contributed by atoms with E-state index in [0.717, 1.165) is 31.4 Å². The van der Waals surface area contributed by atoms with Crippen LogP contribution in [0.25, 0.3) is 0 Å². The van der Waals surface area contributed by atoms with E-state index in [2.05, 4.69) is 4.98 Å². The first kappa shape index (κ1) is 28.8. The Balaban J connectivity index is 0.00000186. The van der Waals surface area contributed by atoms with Gasteiger partial charge < -0.3 is 24.3 Å². The van der Waals surface area contributed by atoms with E-state index >= 15 is 0 Å². The van der Waals surface area contributed by atoms with E-state index in [0.29, 0.717) is 11.6 Å². The highest BCUT2D eigenvalue weighted by Gasteiger charge is 2.47. The van der Waals surface area contributed by atoms with Crippen molar-refractivity contribution in [3.8, 4) is 11.6 Å². The number of aromatic nitrogens is 1. The molecule has 1 aromatic heterocycles. The normalized spacial score (nSPS) is 28.2. The molecule has 1 aliphatic carbocycles. The van der Waals surface area contributed by atoms with Crippen molar-refractivity contribution >= 4 is 12.0 Å². The molecule has 3 aliphatic heterocycles. The lowest BCUT2D eigenvalue weighted by molar-refractivity contribution is -0.174. The van der Waals surface area contributed by atoms with E-state index in [1.54, 1.807) is 20.1 Å². The van der Waals surface area contributed by atoms with Crippen molar-refractivity contribution in [2.75, 3.05) is 26.9 Å². The summed E-state index contributed by atoms with van der Waals surface area (Å²) in [4.78, 5) is 30.5. The molecule has 3 atom stereocenters. The summed E-state index contributed by atoms with van der Waals surface area (Å²) in [7, 11) is 1.57. The van der Waals surface area contributed by atoms with Gasteiger partial charge in [0.15, 0.2) is 0 Å². The molecule has 2 amide bonds. The van der Waals surface area contributed by atoms with Gasteiger partial charge in [-0.05, 0) is 39.0 Å². The second kappa shape index (κ2) is 12.7. The molecule has 4 bridgehead atoms. The fraction of sp³-hybridized carbons (Fsp3) is 0.720. The van der Waals surface area contributed by atoms with Gasteiger partial charge in [-0.15, -0.1) is 0 Å². The van der Waals surface area contributed by atoms with E-state index in [1.807, 2.05) is 25.2 Å². The monoisotopic (exact) mass is 531 g/mol. The third-order valence-electron chi connectivity index (χ3n) is 6.86. The molecule has 0 radical (unpaired) electrons. The van der Waals surface area contributed by atoms with Crippen LogP contribution in [0.1, 0.15) is 64.5 Å². The zero-order valence-corrected chi connectivity index (χ0v) is 21.7. The summed E-state index contributed by atoms with van der Waals surface area (Å²) < 4.78 is 61.2. The average molecular weight is 532 g/mol. The average Bonchev–Trinajstić information content (AvgIpc) is 3.19. The number of methoxy groups -OCH3 is 1. The Morgan fingerprint density at radius 1 is 1.14 bits per heavy atom. The third kappa shape index (κ3) is 7.18. The van der Waals surface area contributed by atoms with Crippen molar-refractivity contribution in [3.63, 3.8) is 0 Å². The maximum absolute atomic E-state index is 12.9. The summed E-state index contributed by atoms with van der Waals surface area (Å²) in [6.45, 7) is 5.65. The van der Waals surface area contributed by atoms with Crippen molar-refractivity contribution in [2.24, 2.45) is 0 Å². The van der Waals surface area contributed by atoms with Gasteiger partial charge in [0, 0.05) is 24.1 Å². The molecule has 5 rings (SSSR count). The predicted octanol–water partition coefficient (Wildman–Crippen LogP) is 4.20. The lowest BCUT2D eigenvalue weighted by Crippen LogP contribution is -2.53. The Labute approximate surface area is 215 Å². The fourth-order valence-electron chi connectivity index (χ4n) is 5.09. The van der Waals surface area contributed by atoms with Gasteiger partial charge >= 0.3 is 18.2 Å². The Morgan fingerprint density at radius 2 is 1.81 bits per heavy atom. The van der Waals surface area contributed by atoms with Crippen LogP contribution in [0.5, 0.6) is 11.6 Å². The number of amides is 2. The number of nitrogens with zero attached hydrogens (tertiary/aromatic N) is 2. The second-order valence-corrected chi connectivity index (χ2v) is 9.18. The number of pyridine rings is 1. The van der Waals surface area contributed by atoms with E-state index in [1.165, 1.54) is 4.90 Å². The van der Waals surface area contributed by atoms with E-state index in [-0.39, 0.29) is 38.3 Å². The number of alkyl halides is 3. The summed E-state index contributed by atoms with van der Waals surface area (Å²) in [5, 5.41) is 2.04. The maximum Gasteiger partial charge on any atom is 0.471 e. The van der Waals surface area contributed by atoms with Crippen molar-refractivity contribution in [3.05, 3.63) is 17.8 Å². The quantitative estimate of drug-likeness (QED) is 0.611. The molecule has 1 saturated carbocycles. The zero-order valence-electron chi connectivity index (χ0n) is 21.7. The van der Waals surface area contributed by atoms with E-state index < -0.39 is 36.3 Å². The molecule has 208 valence electrons. The van der Waals surface area contributed by atoms with Gasteiger partial charge in [0.2, 0.25) is 5.88 Å². The number of hydrogen-bond acceptors (Lipinski definition) is 7. The SMILES string of the molecule is CC.COc1cc2nc(c1)C1CCC(CC1)OCC1[C@@H](NC(=O)C(F)(F)F)CC(C)N1C(=O)OCCO2. The molecular formula is C25H36F3N3O6. The molecule has 2 unspecified atom stereocenters. The molecule has 2 fully saturated rings. The fourth-order valence-corrected chi connectivity index (χ4v) is 5.09. The molecule has 12 heteroatoms. The zero-order chi connectivity index (χ0) is 27.2. The molecule has 9 nitrogen and oxygen atoms in total.